The summed E-state index contributed by atoms with van der Waals surface area (Å²) >= 11 is 6.97. The lowest BCUT2D eigenvalue weighted by Gasteiger charge is -2.11. The minimum absolute atomic E-state index is 0.0289. The van der Waals surface area contributed by atoms with E-state index in [4.69, 9.17) is 17.3 Å². The molecule has 4 aromatic heterocycles. The fraction of sp³-hybridized carbons (Fsp3) is 0.250. The van der Waals surface area contributed by atoms with Gasteiger partial charge in [0.2, 0.25) is 0 Å². The number of hydrogen-bond acceptors (Lipinski definition) is 6. The SMILES string of the molecule is CCn1ncc(Cl)c1C(=O)Nc1c(C(N)=O)sc2nc(C(F)F)cc(-c3cnn(C)c3C)c12. The van der Waals surface area contributed by atoms with Crippen LogP contribution in [0.4, 0.5) is 14.5 Å². The Labute approximate surface area is 195 Å². The molecule has 0 unspecified atom stereocenters. The Kier molecular flexibility index (Phi) is 5.89. The maximum atomic E-state index is 13.6. The van der Waals surface area contributed by atoms with E-state index in [9.17, 15) is 18.4 Å². The van der Waals surface area contributed by atoms with Gasteiger partial charge < -0.3 is 11.1 Å². The van der Waals surface area contributed by atoms with E-state index < -0.39 is 23.9 Å². The molecular formula is C20H18ClF2N7O2S. The molecule has 0 aliphatic heterocycles. The molecule has 4 rings (SSSR count). The Morgan fingerprint density at radius 2 is 2.00 bits per heavy atom. The molecule has 0 saturated carbocycles. The van der Waals surface area contributed by atoms with Gasteiger partial charge in [0.25, 0.3) is 18.2 Å². The van der Waals surface area contributed by atoms with Gasteiger partial charge in [-0.05, 0) is 25.5 Å². The van der Waals surface area contributed by atoms with Gasteiger partial charge in [-0.15, -0.1) is 11.3 Å². The average molecular weight is 494 g/mol. The summed E-state index contributed by atoms with van der Waals surface area (Å²) in [5, 5.41) is 11.3. The molecule has 172 valence electrons. The van der Waals surface area contributed by atoms with E-state index in [1.54, 1.807) is 25.6 Å². The molecule has 3 N–H and O–H groups in total. The lowest BCUT2D eigenvalue weighted by atomic mass is 10.0. The van der Waals surface area contributed by atoms with Crippen molar-refractivity contribution in [2.75, 3.05) is 5.32 Å². The minimum Gasteiger partial charge on any atom is -0.365 e. The molecule has 2 amide bonds. The Balaban J connectivity index is 1.99. The van der Waals surface area contributed by atoms with Crippen LogP contribution >= 0.6 is 22.9 Å². The molecule has 0 radical (unpaired) electrons. The largest absolute Gasteiger partial charge is 0.365 e. The summed E-state index contributed by atoms with van der Waals surface area (Å²) in [5.74, 6) is -1.47. The lowest BCUT2D eigenvalue weighted by Crippen LogP contribution is -2.20. The number of nitrogens with one attached hydrogen (secondary N) is 1. The number of amides is 2. The Bertz CT molecular complexity index is 1410. The van der Waals surface area contributed by atoms with Crippen molar-refractivity contribution in [2.45, 2.75) is 26.8 Å². The first-order chi connectivity index (χ1) is 15.6. The number of primary amides is 1. The number of thiophene rings is 1. The van der Waals surface area contributed by atoms with Crippen LogP contribution in [0.25, 0.3) is 21.3 Å². The fourth-order valence-corrected chi connectivity index (χ4v) is 4.74. The third kappa shape index (κ3) is 3.85. The highest BCUT2D eigenvalue weighted by Crippen LogP contribution is 2.43. The number of aryl methyl sites for hydroxylation is 2. The van der Waals surface area contributed by atoms with Crippen LogP contribution in [0.15, 0.2) is 18.5 Å². The Morgan fingerprint density at radius 3 is 2.58 bits per heavy atom. The van der Waals surface area contributed by atoms with Crippen molar-refractivity contribution in [1.29, 1.82) is 0 Å². The number of rotatable bonds is 6. The molecule has 9 nitrogen and oxygen atoms in total. The fourth-order valence-electron chi connectivity index (χ4n) is 3.50. The van der Waals surface area contributed by atoms with Crippen LogP contribution in [0.1, 0.15) is 44.9 Å². The quantitative estimate of drug-likeness (QED) is 0.417. The second-order valence-electron chi connectivity index (χ2n) is 7.12. The molecule has 0 aliphatic carbocycles. The van der Waals surface area contributed by atoms with Crippen LogP contribution in [-0.4, -0.2) is 36.4 Å². The first kappa shape index (κ1) is 22.8. The molecule has 0 aromatic carbocycles. The van der Waals surface area contributed by atoms with Gasteiger partial charge in [0.1, 0.15) is 21.1 Å². The molecule has 33 heavy (non-hydrogen) atoms. The first-order valence-corrected chi connectivity index (χ1v) is 10.9. The molecule has 4 aromatic rings. The van der Waals surface area contributed by atoms with Gasteiger partial charge in [-0.1, -0.05) is 11.6 Å². The standard InChI is InChI=1S/C20H18ClF2N7O2S/c1-4-30-15(11(21)7-26-30)19(32)28-14-13-9(10-6-25-29(3)8(10)2)5-12(17(22)23)27-20(13)33-16(14)18(24)31/h5-7,17H,4H2,1-3H3,(H2,24,31)(H,28,32). The monoisotopic (exact) mass is 493 g/mol. The van der Waals surface area contributed by atoms with Crippen LogP contribution in [0.2, 0.25) is 5.02 Å². The van der Waals surface area contributed by atoms with Crippen LogP contribution in [-0.2, 0) is 13.6 Å². The van der Waals surface area contributed by atoms with Gasteiger partial charge in [0.05, 0.1) is 23.1 Å². The van der Waals surface area contributed by atoms with Crippen molar-refractivity contribution in [3.63, 3.8) is 0 Å². The topological polar surface area (TPSA) is 121 Å². The predicted molar refractivity (Wildman–Crippen MR) is 121 cm³/mol. The van der Waals surface area contributed by atoms with Crippen molar-refractivity contribution in [3.05, 3.63) is 45.4 Å². The average Bonchev–Trinajstić information content (AvgIpc) is 3.43. The van der Waals surface area contributed by atoms with Crippen molar-refractivity contribution in [1.82, 2.24) is 24.5 Å². The number of carbonyl (C=O) groups excluding carboxylic acids is 2. The zero-order valence-corrected chi connectivity index (χ0v) is 19.3. The molecule has 4 heterocycles. The number of aromatic nitrogens is 5. The highest BCUT2D eigenvalue weighted by molar-refractivity contribution is 7.21. The summed E-state index contributed by atoms with van der Waals surface area (Å²) in [7, 11) is 1.71. The number of nitrogens with zero attached hydrogens (tertiary/aromatic N) is 5. The zero-order valence-electron chi connectivity index (χ0n) is 17.7. The maximum Gasteiger partial charge on any atom is 0.280 e. The first-order valence-electron chi connectivity index (χ1n) is 9.71. The Morgan fingerprint density at radius 1 is 1.27 bits per heavy atom. The summed E-state index contributed by atoms with van der Waals surface area (Å²) in [4.78, 5) is 29.5. The number of pyridine rings is 1. The van der Waals surface area contributed by atoms with Gasteiger partial charge in [-0.3, -0.25) is 19.0 Å². The number of carbonyl (C=O) groups is 2. The summed E-state index contributed by atoms with van der Waals surface area (Å²) in [6, 6.07) is 1.23. The van der Waals surface area contributed by atoms with Crippen molar-refractivity contribution in [2.24, 2.45) is 12.8 Å². The summed E-state index contributed by atoms with van der Waals surface area (Å²) in [6.07, 6.45) is 0.0111. The molecule has 0 saturated heterocycles. The van der Waals surface area contributed by atoms with Crippen LogP contribution in [0.3, 0.4) is 0 Å². The van der Waals surface area contributed by atoms with E-state index >= 15 is 0 Å². The van der Waals surface area contributed by atoms with Crippen LogP contribution in [0, 0.1) is 6.92 Å². The summed E-state index contributed by atoms with van der Waals surface area (Å²) in [6.45, 7) is 3.94. The van der Waals surface area contributed by atoms with Crippen LogP contribution < -0.4 is 11.1 Å². The molecule has 0 spiro atoms. The lowest BCUT2D eigenvalue weighted by molar-refractivity contribution is 0.100. The van der Waals surface area contributed by atoms with Gasteiger partial charge in [-0.2, -0.15) is 10.2 Å². The second-order valence-corrected chi connectivity index (χ2v) is 8.53. The third-order valence-electron chi connectivity index (χ3n) is 5.20. The minimum atomic E-state index is -2.85. The molecule has 0 atom stereocenters. The van der Waals surface area contributed by atoms with Crippen molar-refractivity contribution < 1.29 is 18.4 Å². The maximum absolute atomic E-state index is 13.6. The Hall–Kier alpha value is -3.38. The number of anilines is 1. The molecular weight excluding hydrogens is 476 g/mol. The highest BCUT2D eigenvalue weighted by Gasteiger charge is 2.27. The zero-order chi connectivity index (χ0) is 24.0. The van der Waals surface area contributed by atoms with Crippen LogP contribution in [0.5, 0.6) is 0 Å². The molecule has 0 bridgehead atoms. The van der Waals surface area contributed by atoms with Crippen molar-refractivity contribution in [3.8, 4) is 11.1 Å². The normalized spacial score (nSPS) is 11.5. The summed E-state index contributed by atoms with van der Waals surface area (Å²) < 4.78 is 30.2. The van der Waals surface area contributed by atoms with E-state index in [0.717, 1.165) is 11.3 Å². The number of nitrogens with two attached hydrogens (primary N) is 1. The van der Waals surface area contributed by atoms with Crippen molar-refractivity contribution >= 4 is 50.7 Å². The van der Waals surface area contributed by atoms with Gasteiger partial charge >= 0.3 is 0 Å². The van der Waals surface area contributed by atoms with E-state index in [1.165, 1.54) is 23.1 Å². The van der Waals surface area contributed by atoms with E-state index in [-0.39, 0.29) is 26.1 Å². The second kappa shape index (κ2) is 8.52. The highest BCUT2D eigenvalue weighted by atomic mass is 35.5. The van der Waals surface area contributed by atoms with Gasteiger partial charge in [0.15, 0.2) is 0 Å². The molecule has 0 aliphatic rings. The number of alkyl halides is 2. The van der Waals surface area contributed by atoms with Gasteiger partial charge in [-0.25, -0.2) is 13.8 Å². The van der Waals surface area contributed by atoms with Gasteiger partial charge in [0, 0.05) is 30.2 Å². The third-order valence-corrected chi connectivity index (χ3v) is 6.58. The smallest absolute Gasteiger partial charge is 0.280 e. The van der Waals surface area contributed by atoms with E-state index in [2.05, 4.69) is 20.5 Å². The molecule has 0 fully saturated rings. The van der Waals surface area contributed by atoms with E-state index in [1.807, 2.05) is 0 Å². The number of halogens is 3. The summed E-state index contributed by atoms with van der Waals surface area (Å²) in [5.41, 5.74) is 6.84. The number of hydrogen-bond donors (Lipinski definition) is 2. The predicted octanol–water partition coefficient (Wildman–Crippen LogP) is 4.16. The van der Waals surface area contributed by atoms with E-state index in [0.29, 0.717) is 28.8 Å². The molecule has 13 heteroatoms. The number of fused-ring (bicyclic) bond motifs is 1.